The van der Waals surface area contributed by atoms with Gasteiger partial charge in [-0.15, -0.1) is 0 Å². The molecule has 1 saturated heterocycles. The van der Waals surface area contributed by atoms with Crippen LogP contribution in [0, 0.1) is 0 Å². The fraction of sp³-hybridized carbons (Fsp3) is 0.887. The third kappa shape index (κ3) is 33.6. The number of hydrogen-bond donors (Lipinski definition) is 3. The van der Waals surface area contributed by atoms with Crippen molar-refractivity contribution in [2.45, 2.75) is 289 Å². The highest BCUT2D eigenvalue weighted by Crippen LogP contribution is 2.26. The molecule has 1 aliphatic heterocycles. The van der Waals surface area contributed by atoms with Crippen molar-refractivity contribution >= 4 is 23.9 Å². The molecule has 3 N–H and O–H groups in total. The number of esters is 3. The molecule has 1 fully saturated rings. The van der Waals surface area contributed by atoms with Gasteiger partial charge in [-0.2, -0.15) is 0 Å². The summed E-state index contributed by atoms with van der Waals surface area (Å²) in [6.07, 6.45) is 32.0. The van der Waals surface area contributed by atoms with Crippen molar-refractivity contribution in [2.75, 3.05) is 13.2 Å². The quantitative estimate of drug-likeness (QED) is 0.0228. The van der Waals surface area contributed by atoms with E-state index in [2.05, 4.69) is 32.9 Å². The van der Waals surface area contributed by atoms with Crippen LogP contribution in [-0.2, 0) is 42.9 Å². The Bertz CT molecular complexity index is 1190. The molecule has 380 valence electrons. The standard InChI is InChI=1S/C53H96O12/c1-4-7-10-13-16-19-22-23-26-27-30-33-36-39-45(54)61-42-44(63-46(55)40-37-34-31-28-24-20-17-14-11-8-5-2)43-62-53-51(49(58)48(57)50(65-53)52(59)60)64-47(56)41-38-35-32-29-25-21-18-15-12-9-6-3/h19,22,44,48-51,53,57-58H,4-18,20-21,23-43H2,1-3H3,(H,59,60)/b22-19-. The molecule has 0 aromatic rings. The van der Waals surface area contributed by atoms with Gasteiger partial charge in [0.1, 0.15) is 18.8 Å². The number of carboxylic acid groups (broad SMARTS) is 1. The van der Waals surface area contributed by atoms with E-state index in [1.54, 1.807) is 0 Å². The van der Waals surface area contributed by atoms with Gasteiger partial charge in [-0.3, -0.25) is 14.4 Å². The van der Waals surface area contributed by atoms with Gasteiger partial charge >= 0.3 is 23.9 Å². The lowest BCUT2D eigenvalue weighted by molar-refractivity contribution is -0.301. The Balaban J connectivity index is 2.72. The fourth-order valence-corrected chi connectivity index (χ4v) is 8.19. The number of aliphatic hydroxyl groups is 2. The van der Waals surface area contributed by atoms with Crippen molar-refractivity contribution < 1.29 is 58.2 Å². The zero-order valence-electron chi connectivity index (χ0n) is 41.5. The second-order valence-electron chi connectivity index (χ2n) is 18.5. The molecule has 1 aliphatic rings. The summed E-state index contributed by atoms with van der Waals surface area (Å²) in [4.78, 5) is 50.8. The predicted molar refractivity (Wildman–Crippen MR) is 257 cm³/mol. The van der Waals surface area contributed by atoms with Gasteiger partial charge in [0.2, 0.25) is 0 Å². The Morgan fingerprint density at radius 1 is 0.492 bits per heavy atom. The second-order valence-corrected chi connectivity index (χ2v) is 18.5. The van der Waals surface area contributed by atoms with E-state index < -0.39 is 67.3 Å². The highest BCUT2D eigenvalue weighted by atomic mass is 16.7. The van der Waals surface area contributed by atoms with Crippen LogP contribution in [0.5, 0.6) is 0 Å². The lowest BCUT2D eigenvalue weighted by Gasteiger charge is -2.40. The second kappa shape index (κ2) is 42.8. The Labute approximate surface area is 395 Å². The third-order valence-electron chi connectivity index (χ3n) is 12.3. The van der Waals surface area contributed by atoms with Crippen LogP contribution in [0.2, 0.25) is 0 Å². The molecule has 1 rings (SSSR count). The van der Waals surface area contributed by atoms with Crippen molar-refractivity contribution in [2.24, 2.45) is 0 Å². The fourth-order valence-electron chi connectivity index (χ4n) is 8.19. The molecule has 12 nitrogen and oxygen atoms in total. The van der Waals surface area contributed by atoms with Gasteiger partial charge < -0.3 is 39.0 Å². The normalized spacial score (nSPS) is 19.1. The predicted octanol–water partition coefficient (Wildman–Crippen LogP) is 12.6. The first kappa shape index (κ1) is 60.5. The average molecular weight is 925 g/mol. The highest BCUT2D eigenvalue weighted by molar-refractivity contribution is 5.74. The molecule has 0 saturated carbocycles. The van der Waals surface area contributed by atoms with Crippen molar-refractivity contribution in [1.82, 2.24) is 0 Å². The zero-order chi connectivity index (χ0) is 47.6. The van der Waals surface area contributed by atoms with Crippen LogP contribution < -0.4 is 0 Å². The Morgan fingerprint density at radius 2 is 0.877 bits per heavy atom. The lowest BCUT2D eigenvalue weighted by Crippen LogP contribution is -2.61. The molecule has 0 spiro atoms. The van der Waals surface area contributed by atoms with Crippen molar-refractivity contribution in [1.29, 1.82) is 0 Å². The monoisotopic (exact) mass is 925 g/mol. The summed E-state index contributed by atoms with van der Waals surface area (Å²) in [7, 11) is 0. The van der Waals surface area contributed by atoms with Crippen LogP contribution in [0.15, 0.2) is 12.2 Å². The number of aliphatic carboxylic acids is 1. The van der Waals surface area contributed by atoms with Crippen molar-refractivity contribution in [3.8, 4) is 0 Å². The van der Waals surface area contributed by atoms with E-state index in [1.165, 1.54) is 109 Å². The Hall–Kier alpha value is -2.54. The van der Waals surface area contributed by atoms with E-state index in [0.29, 0.717) is 19.3 Å². The molecule has 0 bridgehead atoms. The number of hydrogen-bond acceptors (Lipinski definition) is 11. The first-order valence-corrected chi connectivity index (χ1v) is 26.7. The number of ether oxygens (including phenoxy) is 5. The van der Waals surface area contributed by atoms with Crippen LogP contribution in [0.1, 0.15) is 252 Å². The van der Waals surface area contributed by atoms with E-state index >= 15 is 0 Å². The van der Waals surface area contributed by atoms with Gasteiger partial charge in [-0.05, 0) is 44.9 Å². The Morgan fingerprint density at radius 3 is 1.32 bits per heavy atom. The first-order chi connectivity index (χ1) is 31.6. The number of unbranched alkanes of at least 4 members (excludes halogenated alkanes) is 29. The van der Waals surface area contributed by atoms with Crippen LogP contribution in [-0.4, -0.2) is 89.2 Å². The van der Waals surface area contributed by atoms with Gasteiger partial charge in [-0.1, -0.05) is 200 Å². The van der Waals surface area contributed by atoms with E-state index in [9.17, 15) is 34.5 Å². The summed E-state index contributed by atoms with van der Waals surface area (Å²) in [6, 6.07) is 0. The molecule has 0 aromatic carbocycles. The summed E-state index contributed by atoms with van der Waals surface area (Å²) in [5, 5.41) is 31.3. The Kier molecular flexibility index (Phi) is 39.8. The number of carbonyl (C=O) groups excluding carboxylic acids is 3. The van der Waals surface area contributed by atoms with Crippen LogP contribution in [0.25, 0.3) is 0 Å². The van der Waals surface area contributed by atoms with Crippen molar-refractivity contribution in [3.63, 3.8) is 0 Å². The van der Waals surface area contributed by atoms with Gasteiger partial charge in [0.25, 0.3) is 0 Å². The summed E-state index contributed by atoms with van der Waals surface area (Å²) < 4.78 is 28.3. The van der Waals surface area contributed by atoms with Crippen molar-refractivity contribution in [3.05, 3.63) is 12.2 Å². The SMILES string of the molecule is CCCCCC/C=C\CCCCCCCC(=O)OCC(COC1OC(C(=O)O)C(O)C(O)C1OC(=O)CCCCCCCCCCCCC)OC(=O)CCCCCCCCCCCCC. The minimum atomic E-state index is -1.89. The minimum absolute atomic E-state index is 0.0667. The van der Waals surface area contributed by atoms with Gasteiger partial charge in [-0.25, -0.2) is 4.79 Å². The summed E-state index contributed by atoms with van der Waals surface area (Å²) in [5.74, 6) is -3.10. The molecule has 12 heteroatoms. The molecule has 6 unspecified atom stereocenters. The number of carboxylic acids is 1. The maximum absolute atomic E-state index is 13.0. The van der Waals surface area contributed by atoms with E-state index in [1.807, 2.05) is 0 Å². The smallest absolute Gasteiger partial charge is 0.335 e. The maximum Gasteiger partial charge on any atom is 0.335 e. The largest absolute Gasteiger partial charge is 0.479 e. The summed E-state index contributed by atoms with van der Waals surface area (Å²) in [6.45, 7) is 5.94. The van der Waals surface area contributed by atoms with E-state index in [0.717, 1.165) is 83.5 Å². The van der Waals surface area contributed by atoms with E-state index in [4.69, 9.17) is 23.7 Å². The number of aliphatic hydroxyl groups excluding tert-OH is 2. The van der Waals surface area contributed by atoms with E-state index in [-0.39, 0.29) is 25.9 Å². The molecule has 1 heterocycles. The molecule has 65 heavy (non-hydrogen) atoms. The minimum Gasteiger partial charge on any atom is -0.479 e. The lowest BCUT2D eigenvalue weighted by atomic mass is 9.98. The summed E-state index contributed by atoms with van der Waals surface area (Å²) in [5.41, 5.74) is 0. The average Bonchev–Trinajstić information content (AvgIpc) is 3.29. The number of allylic oxidation sites excluding steroid dienone is 2. The molecule has 6 atom stereocenters. The maximum atomic E-state index is 13.0. The molecular weight excluding hydrogens is 829 g/mol. The van der Waals surface area contributed by atoms with Gasteiger partial charge in [0.15, 0.2) is 24.6 Å². The summed E-state index contributed by atoms with van der Waals surface area (Å²) >= 11 is 0. The highest BCUT2D eigenvalue weighted by Gasteiger charge is 2.50. The molecule has 0 aromatic heterocycles. The van der Waals surface area contributed by atoms with Crippen LogP contribution >= 0.6 is 0 Å². The molecule has 0 aliphatic carbocycles. The molecular formula is C53H96O12. The first-order valence-electron chi connectivity index (χ1n) is 26.7. The zero-order valence-corrected chi connectivity index (χ0v) is 41.5. The number of rotatable bonds is 45. The van der Waals surface area contributed by atoms with Gasteiger partial charge in [0.05, 0.1) is 6.61 Å². The number of carbonyl (C=O) groups is 4. The molecule has 0 amide bonds. The molecule has 0 radical (unpaired) electrons. The van der Waals surface area contributed by atoms with Crippen LogP contribution in [0.4, 0.5) is 0 Å². The topological polar surface area (TPSA) is 175 Å². The van der Waals surface area contributed by atoms with Crippen LogP contribution in [0.3, 0.4) is 0 Å². The third-order valence-corrected chi connectivity index (χ3v) is 12.3. The van der Waals surface area contributed by atoms with Gasteiger partial charge in [0, 0.05) is 19.3 Å².